The summed E-state index contributed by atoms with van der Waals surface area (Å²) in [5.41, 5.74) is 4.76. The number of aromatic nitrogens is 3. The van der Waals surface area contributed by atoms with E-state index in [1.807, 2.05) is 41.4 Å². The summed E-state index contributed by atoms with van der Waals surface area (Å²) < 4.78 is 11.0. The summed E-state index contributed by atoms with van der Waals surface area (Å²) in [4.78, 5) is 31.1. The zero-order valence-electron chi connectivity index (χ0n) is 20.5. The van der Waals surface area contributed by atoms with E-state index in [2.05, 4.69) is 35.0 Å². The average Bonchev–Trinajstić information content (AvgIpc) is 3.41. The molecular formula is C28H29N5O3. The first-order valence-corrected chi connectivity index (χ1v) is 12.4. The van der Waals surface area contributed by atoms with E-state index in [-0.39, 0.29) is 11.9 Å². The van der Waals surface area contributed by atoms with E-state index in [1.54, 1.807) is 7.11 Å². The molecule has 1 atom stereocenters. The first-order valence-electron chi connectivity index (χ1n) is 12.4. The van der Waals surface area contributed by atoms with Gasteiger partial charge in [0.05, 0.1) is 38.6 Å². The molecule has 0 bridgehead atoms. The molecule has 1 N–H and O–H groups in total. The lowest BCUT2D eigenvalue weighted by Crippen LogP contribution is -2.46. The number of fused-ring (bicyclic) bond motifs is 2. The van der Waals surface area contributed by atoms with Crippen molar-refractivity contribution in [1.82, 2.24) is 19.9 Å². The highest BCUT2D eigenvalue weighted by molar-refractivity contribution is 5.95. The fourth-order valence-corrected chi connectivity index (χ4v) is 5.17. The molecule has 2 aliphatic heterocycles. The lowest BCUT2D eigenvalue weighted by molar-refractivity contribution is 0.0732. The minimum absolute atomic E-state index is 0.00504. The molecule has 0 radical (unpaired) electrons. The Kier molecular flexibility index (Phi) is 5.81. The van der Waals surface area contributed by atoms with Gasteiger partial charge < -0.3 is 24.3 Å². The topological polar surface area (TPSA) is 83.6 Å². The van der Waals surface area contributed by atoms with Crippen molar-refractivity contribution in [3.63, 3.8) is 0 Å². The number of ether oxygens (including phenoxy) is 2. The van der Waals surface area contributed by atoms with E-state index in [0.717, 1.165) is 51.7 Å². The number of nitrogens with zero attached hydrogens (tertiary/aromatic N) is 4. The normalized spacial score (nSPS) is 17.8. The number of carbonyl (C=O) groups is 1. The second-order valence-corrected chi connectivity index (χ2v) is 9.36. The second-order valence-electron chi connectivity index (χ2n) is 9.36. The van der Waals surface area contributed by atoms with Crippen molar-refractivity contribution in [3.05, 3.63) is 71.5 Å². The van der Waals surface area contributed by atoms with Gasteiger partial charge in [-0.1, -0.05) is 12.1 Å². The van der Waals surface area contributed by atoms with Gasteiger partial charge >= 0.3 is 0 Å². The van der Waals surface area contributed by atoms with Crippen LogP contribution in [0.3, 0.4) is 0 Å². The Bertz CT molecular complexity index is 1410. The molecule has 0 spiro atoms. The zero-order valence-corrected chi connectivity index (χ0v) is 20.5. The SMILES string of the molecule is COc1ccc(C(=O)N2CCc3nc(-c4cccc5[nH]ccc45)nc(N4CCOC[C@H]4C)c3C2)cc1. The monoisotopic (exact) mass is 483 g/mol. The van der Waals surface area contributed by atoms with Crippen LogP contribution in [0, 0.1) is 0 Å². The number of morpholine rings is 1. The number of benzene rings is 2. The molecule has 0 saturated carbocycles. The van der Waals surface area contributed by atoms with Gasteiger partial charge in [-0.05, 0) is 43.3 Å². The molecule has 2 aliphatic rings. The fraction of sp³-hybridized carbons (Fsp3) is 0.321. The summed E-state index contributed by atoms with van der Waals surface area (Å²) in [6.07, 6.45) is 2.63. The number of carbonyl (C=O) groups excluding carboxylic acids is 1. The quantitative estimate of drug-likeness (QED) is 0.471. The molecule has 1 saturated heterocycles. The third-order valence-corrected chi connectivity index (χ3v) is 7.14. The lowest BCUT2D eigenvalue weighted by atomic mass is 10.0. The number of H-pyrrole nitrogens is 1. The Labute approximate surface area is 209 Å². The van der Waals surface area contributed by atoms with Gasteiger partial charge in [0, 0.05) is 53.3 Å². The second kappa shape index (κ2) is 9.28. The first kappa shape index (κ1) is 22.5. The number of hydrogen-bond donors (Lipinski definition) is 1. The molecule has 4 heterocycles. The van der Waals surface area contributed by atoms with Crippen molar-refractivity contribution in [3.8, 4) is 17.1 Å². The van der Waals surface area contributed by atoms with Crippen molar-refractivity contribution in [2.45, 2.75) is 25.9 Å². The molecule has 36 heavy (non-hydrogen) atoms. The van der Waals surface area contributed by atoms with Crippen LogP contribution in [0.25, 0.3) is 22.3 Å². The van der Waals surface area contributed by atoms with Crippen molar-refractivity contribution in [2.75, 3.05) is 38.3 Å². The Morgan fingerprint density at radius 2 is 1.97 bits per heavy atom. The van der Waals surface area contributed by atoms with Gasteiger partial charge in [-0.2, -0.15) is 0 Å². The largest absolute Gasteiger partial charge is 0.497 e. The highest BCUT2D eigenvalue weighted by Crippen LogP contribution is 2.34. The van der Waals surface area contributed by atoms with Crippen LogP contribution < -0.4 is 9.64 Å². The van der Waals surface area contributed by atoms with Crippen LogP contribution in [0.4, 0.5) is 5.82 Å². The van der Waals surface area contributed by atoms with Gasteiger partial charge in [-0.15, -0.1) is 0 Å². The van der Waals surface area contributed by atoms with Crippen LogP contribution in [-0.2, 0) is 17.7 Å². The van der Waals surface area contributed by atoms with E-state index in [9.17, 15) is 4.79 Å². The smallest absolute Gasteiger partial charge is 0.254 e. The highest BCUT2D eigenvalue weighted by atomic mass is 16.5. The molecule has 184 valence electrons. The molecule has 2 aromatic carbocycles. The number of hydrogen-bond acceptors (Lipinski definition) is 6. The van der Waals surface area contributed by atoms with Crippen LogP contribution >= 0.6 is 0 Å². The maximum absolute atomic E-state index is 13.4. The van der Waals surface area contributed by atoms with Crippen LogP contribution in [0.1, 0.15) is 28.5 Å². The lowest BCUT2D eigenvalue weighted by Gasteiger charge is -2.38. The van der Waals surface area contributed by atoms with Crippen molar-refractivity contribution in [1.29, 1.82) is 0 Å². The molecular weight excluding hydrogens is 454 g/mol. The molecule has 2 aromatic heterocycles. The Balaban J connectivity index is 1.41. The average molecular weight is 484 g/mol. The van der Waals surface area contributed by atoms with Gasteiger partial charge in [0.2, 0.25) is 0 Å². The first-order chi connectivity index (χ1) is 17.6. The zero-order chi connectivity index (χ0) is 24.6. The summed E-state index contributed by atoms with van der Waals surface area (Å²) in [5, 5.41) is 1.10. The third-order valence-electron chi connectivity index (χ3n) is 7.14. The number of rotatable bonds is 4. The molecule has 6 rings (SSSR count). The van der Waals surface area contributed by atoms with Crippen LogP contribution in [-0.4, -0.2) is 65.2 Å². The molecule has 1 amide bonds. The van der Waals surface area contributed by atoms with Crippen LogP contribution in [0.2, 0.25) is 0 Å². The predicted molar refractivity (Wildman–Crippen MR) is 138 cm³/mol. The molecule has 8 heteroatoms. The van der Waals surface area contributed by atoms with Crippen molar-refractivity contribution >= 4 is 22.6 Å². The number of aromatic amines is 1. The van der Waals surface area contributed by atoms with Crippen molar-refractivity contribution < 1.29 is 14.3 Å². The summed E-state index contributed by atoms with van der Waals surface area (Å²) in [7, 11) is 1.62. The van der Waals surface area contributed by atoms with Crippen LogP contribution in [0.15, 0.2) is 54.7 Å². The van der Waals surface area contributed by atoms with Gasteiger partial charge in [-0.3, -0.25) is 4.79 Å². The summed E-state index contributed by atoms with van der Waals surface area (Å²) in [6.45, 7) is 5.31. The van der Waals surface area contributed by atoms with Gasteiger partial charge in [0.25, 0.3) is 5.91 Å². The number of nitrogens with one attached hydrogen (secondary N) is 1. The Morgan fingerprint density at radius 3 is 2.78 bits per heavy atom. The van der Waals surface area contributed by atoms with Crippen molar-refractivity contribution in [2.24, 2.45) is 0 Å². The van der Waals surface area contributed by atoms with Crippen LogP contribution in [0.5, 0.6) is 5.75 Å². The molecule has 0 unspecified atom stereocenters. The Morgan fingerprint density at radius 1 is 1.11 bits per heavy atom. The molecule has 8 nitrogen and oxygen atoms in total. The maximum Gasteiger partial charge on any atom is 0.254 e. The van der Waals surface area contributed by atoms with E-state index < -0.39 is 0 Å². The highest BCUT2D eigenvalue weighted by Gasteiger charge is 2.31. The van der Waals surface area contributed by atoms with E-state index >= 15 is 0 Å². The molecule has 4 aromatic rings. The third kappa shape index (κ3) is 3.97. The standard InChI is InChI=1S/C28H29N5O3/c1-18-17-36-15-14-33(18)27-23-16-32(28(34)19-6-8-20(35-2)9-7-19)13-11-25(23)30-26(31-27)22-4-3-5-24-21(22)10-12-29-24/h3-10,12,18,29H,11,13-17H2,1-2H3/t18-/m1/s1. The minimum Gasteiger partial charge on any atom is -0.497 e. The van der Waals surface area contributed by atoms with E-state index in [1.165, 1.54) is 0 Å². The summed E-state index contributed by atoms with van der Waals surface area (Å²) in [6, 6.07) is 15.7. The maximum atomic E-state index is 13.4. The number of amides is 1. The summed E-state index contributed by atoms with van der Waals surface area (Å²) in [5.74, 6) is 2.37. The van der Waals surface area contributed by atoms with Gasteiger partial charge in [0.1, 0.15) is 11.6 Å². The van der Waals surface area contributed by atoms with E-state index in [4.69, 9.17) is 19.4 Å². The van der Waals surface area contributed by atoms with E-state index in [0.29, 0.717) is 38.3 Å². The molecule has 0 aliphatic carbocycles. The number of anilines is 1. The predicted octanol–water partition coefficient (Wildman–Crippen LogP) is 4.06. The Hall–Kier alpha value is -3.91. The number of methoxy groups -OCH3 is 1. The molecule has 1 fully saturated rings. The summed E-state index contributed by atoms with van der Waals surface area (Å²) >= 11 is 0. The van der Waals surface area contributed by atoms with Gasteiger partial charge in [0.15, 0.2) is 5.82 Å². The minimum atomic E-state index is 0.00504. The van der Waals surface area contributed by atoms with Gasteiger partial charge in [-0.25, -0.2) is 9.97 Å². The fourth-order valence-electron chi connectivity index (χ4n) is 5.17.